The molecular weight excluding hydrogens is 390 g/mol. The molecule has 0 atom stereocenters. The number of aromatic nitrogens is 3. The highest BCUT2D eigenvalue weighted by Gasteiger charge is 2.22. The average Bonchev–Trinajstić information content (AvgIpc) is 2.82. The Morgan fingerprint density at radius 1 is 1.10 bits per heavy atom. The third-order valence-corrected chi connectivity index (χ3v) is 5.87. The predicted octanol–water partition coefficient (Wildman–Crippen LogP) is 2.65. The molecule has 1 aliphatic heterocycles. The Balaban J connectivity index is 1.34. The Kier molecular flexibility index (Phi) is 6.62. The van der Waals surface area contributed by atoms with Crippen molar-refractivity contribution in [3.05, 3.63) is 70.8 Å². The number of benzene rings is 1. The molecule has 0 saturated carbocycles. The number of nitrogens with zero attached hydrogens (tertiary/aromatic N) is 4. The van der Waals surface area contributed by atoms with Gasteiger partial charge in [0.1, 0.15) is 5.75 Å². The summed E-state index contributed by atoms with van der Waals surface area (Å²) in [7, 11) is 3.48. The number of methoxy groups -OCH3 is 1. The molecule has 31 heavy (non-hydrogen) atoms. The third kappa shape index (κ3) is 5.11. The molecule has 0 aliphatic carbocycles. The first-order valence-corrected chi connectivity index (χ1v) is 10.7. The number of hydrogen-bond acceptors (Lipinski definition) is 6. The summed E-state index contributed by atoms with van der Waals surface area (Å²) in [4.78, 5) is 23.6. The van der Waals surface area contributed by atoms with Crippen molar-refractivity contribution < 1.29 is 4.74 Å². The first-order valence-electron chi connectivity index (χ1n) is 10.7. The molecule has 2 aromatic heterocycles. The predicted molar refractivity (Wildman–Crippen MR) is 123 cm³/mol. The van der Waals surface area contributed by atoms with E-state index in [0.29, 0.717) is 11.7 Å². The Morgan fingerprint density at radius 3 is 2.48 bits per heavy atom. The molecule has 1 fully saturated rings. The molecule has 0 bridgehead atoms. The average molecular weight is 420 g/mol. The van der Waals surface area contributed by atoms with Gasteiger partial charge in [-0.25, -0.2) is 4.98 Å². The molecule has 1 aliphatic rings. The lowest BCUT2D eigenvalue weighted by Gasteiger charge is -2.34. The topological polar surface area (TPSA) is 72.3 Å². The van der Waals surface area contributed by atoms with Crippen molar-refractivity contribution in [1.82, 2.24) is 19.9 Å². The number of ether oxygens (including phenoxy) is 1. The summed E-state index contributed by atoms with van der Waals surface area (Å²) in [6.45, 7) is 2.70. The first-order chi connectivity index (χ1) is 15.1. The van der Waals surface area contributed by atoms with Crippen LogP contribution in [0.3, 0.4) is 0 Å². The summed E-state index contributed by atoms with van der Waals surface area (Å²) < 4.78 is 6.86. The van der Waals surface area contributed by atoms with Crippen LogP contribution in [0.2, 0.25) is 0 Å². The fourth-order valence-corrected chi connectivity index (χ4v) is 3.98. The molecule has 7 nitrogen and oxygen atoms in total. The van der Waals surface area contributed by atoms with Gasteiger partial charge >= 0.3 is 0 Å². The lowest BCUT2D eigenvalue weighted by atomic mass is 10.0. The van der Waals surface area contributed by atoms with Crippen LogP contribution >= 0.6 is 0 Å². The highest BCUT2D eigenvalue weighted by atomic mass is 16.5. The molecule has 162 valence electrons. The Labute approximate surface area is 182 Å². The van der Waals surface area contributed by atoms with Crippen LogP contribution in [0.15, 0.2) is 59.7 Å². The van der Waals surface area contributed by atoms with Crippen LogP contribution in [-0.4, -0.2) is 47.3 Å². The van der Waals surface area contributed by atoms with Crippen molar-refractivity contribution in [3.63, 3.8) is 0 Å². The summed E-state index contributed by atoms with van der Waals surface area (Å²) in [6.07, 6.45) is 6.48. The van der Waals surface area contributed by atoms with Gasteiger partial charge in [0.15, 0.2) is 0 Å². The highest BCUT2D eigenvalue weighted by Crippen LogP contribution is 2.21. The number of pyridine rings is 1. The normalized spacial score (nSPS) is 14.6. The maximum atomic E-state index is 12.5. The number of nitrogens with one attached hydrogen (secondary N) is 1. The van der Waals surface area contributed by atoms with Crippen LogP contribution in [0.1, 0.15) is 18.4 Å². The van der Waals surface area contributed by atoms with E-state index in [0.717, 1.165) is 56.2 Å². The minimum atomic E-state index is -0.0449. The Hall–Kier alpha value is -3.19. The van der Waals surface area contributed by atoms with E-state index < -0.39 is 0 Å². The van der Waals surface area contributed by atoms with Gasteiger partial charge in [0.05, 0.1) is 12.8 Å². The maximum absolute atomic E-state index is 12.5. The molecule has 1 saturated heterocycles. The van der Waals surface area contributed by atoms with Crippen molar-refractivity contribution in [2.75, 3.05) is 31.6 Å². The van der Waals surface area contributed by atoms with E-state index in [1.807, 2.05) is 24.3 Å². The second kappa shape index (κ2) is 9.75. The fraction of sp³-hybridized carbons (Fsp3) is 0.375. The summed E-state index contributed by atoms with van der Waals surface area (Å²) in [6, 6.07) is 14.1. The number of anilines is 1. The Bertz CT molecular complexity index is 1040. The standard InChI is InChI=1S/C24H29N5O2/c1-28-23(30)17-22(19-8-12-25-13-9-19)27-24(28)29-15-10-20(11-16-29)26-14-7-18-3-5-21(31-2)6-4-18/h3-6,8-9,12-13,17,20,26H,7,10-11,14-16H2,1-2H3. The minimum Gasteiger partial charge on any atom is -0.497 e. The molecule has 3 heterocycles. The molecule has 7 heteroatoms. The SMILES string of the molecule is COc1ccc(CCNC2CCN(c3nc(-c4ccncc4)cc(=O)n3C)CC2)cc1. The number of hydrogen-bond donors (Lipinski definition) is 1. The summed E-state index contributed by atoms with van der Waals surface area (Å²) in [5.41, 5.74) is 2.86. The molecule has 1 N–H and O–H groups in total. The van der Waals surface area contributed by atoms with Gasteiger partial charge in [0, 0.05) is 50.2 Å². The van der Waals surface area contributed by atoms with E-state index in [2.05, 4.69) is 27.3 Å². The minimum absolute atomic E-state index is 0.0449. The zero-order valence-corrected chi connectivity index (χ0v) is 18.1. The molecule has 4 rings (SSSR count). The van der Waals surface area contributed by atoms with Gasteiger partial charge < -0.3 is 15.0 Å². The van der Waals surface area contributed by atoms with Gasteiger partial charge in [-0.3, -0.25) is 14.3 Å². The number of rotatable bonds is 7. The molecule has 1 aromatic carbocycles. The van der Waals surface area contributed by atoms with E-state index in [-0.39, 0.29) is 5.56 Å². The number of piperidine rings is 1. The first kappa shape index (κ1) is 21.1. The highest BCUT2D eigenvalue weighted by molar-refractivity contribution is 5.59. The lowest BCUT2D eigenvalue weighted by Crippen LogP contribution is -2.45. The quantitative estimate of drug-likeness (QED) is 0.635. The smallest absolute Gasteiger partial charge is 0.255 e. The van der Waals surface area contributed by atoms with Crippen LogP contribution in [-0.2, 0) is 13.5 Å². The molecule has 3 aromatic rings. The van der Waals surface area contributed by atoms with Crippen LogP contribution in [0.5, 0.6) is 5.75 Å². The van der Waals surface area contributed by atoms with Gasteiger partial charge in [-0.15, -0.1) is 0 Å². The Morgan fingerprint density at radius 2 is 1.81 bits per heavy atom. The summed E-state index contributed by atoms with van der Waals surface area (Å²) in [5, 5.41) is 3.68. The van der Waals surface area contributed by atoms with Crippen molar-refractivity contribution in [2.45, 2.75) is 25.3 Å². The van der Waals surface area contributed by atoms with E-state index >= 15 is 0 Å². The summed E-state index contributed by atoms with van der Waals surface area (Å²) >= 11 is 0. The molecular formula is C24H29N5O2. The van der Waals surface area contributed by atoms with Crippen molar-refractivity contribution >= 4 is 5.95 Å². The van der Waals surface area contributed by atoms with Gasteiger partial charge in [-0.1, -0.05) is 12.1 Å². The van der Waals surface area contributed by atoms with Crippen LogP contribution in [0.25, 0.3) is 11.3 Å². The fourth-order valence-electron chi connectivity index (χ4n) is 3.98. The second-order valence-electron chi connectivity index (χ2n) is 7.89. The zero-order valence-electron chi connectivity index (χ0n) is 18.1. The van der Waals surface area contributed by atoms with Gasteiger partial charge in [0.2, 0.25) is 5.95 Å². The van der Waals surface area contributed by atoms with Crippen molar-refractivity contribution in [3.8, 4) is 17.0 Å². The molecule has 0 unspecified atom stereocenters. The molecule has 0 spiro atoms. The largest absolute Gasteiger partial charge is 0.497 e. The molecule has 0 amide bonds. The second-order valence-corrected chi connectivity index (χ2v) is 7.89. The van der Waals surface area contributed by atoms with Gasteiger partial charge in [-0.2, -0.15) is 0 Å². The van der Waals surface area contributed by atoms with Crippen molar-refractivity contribution in [1.29, 1.82) is 0 Å². The monoisotopic (exact) mass is 419 g/mol. The van der Waals surface area contributed by atoms with Crippen LogP contribution in [0.4, 0.5) is 5.95 Å². The molecule has 0 radical (unpaired) electrons. The van der Waals surface area contributed by atoms with E-state index in [1.54, 1.807) is 37.2 Å². The maximum Gasteiger partial charge on any atom is 0.255 e. The van der Waals surface area contributed by atoms with Gasteiger partial charge in [-0.05, 0) is 55.6 Å². The summed E-state index contributed by atoms with van der Waals surface area (Å²) in [5.74, 6) is 1.62. The van der Waals surface area contributed by atoms with E-state index in [4.69, 9.17) is 9.72 Å². The third-order valence-electron chi connectivity index (χ3n) is 5.87. The van der Waals surface area contributed by atoms with Gasteiger partial charge in [0.25, 0.3) is 5.56 Å². The van der Waals surface area contributed by atoms with Crippen LogP contribution in [0, 0.1) is 0 Å². The van der Waals surface area contributed by atoms with E-state index in [9.17, 15) is 4.79 Å². The van der Waals surface area contributed by atoms with Crippen molar-refractivity contribution in [2.24, 2.45) is 7.05 Å². The van der Waals surface area contributed by atoms with E-state index in [1.165, 1.54) is 5.56 Å². The zero-order chi connectivity index (χ0) is 21.6. The van der Waals surface area contributed by atoms with Crippen LogP contribution < -0.4 is 20.5 Å². The lowest BCUT2D eigenvalue weighted by molar-refractivity contribution is 0.411.